The third-order valence-electron chi connectivity index (χ3n) is 3.52. The molecule has 0 fully saturated rings. The van der Waals surface area contributed by atoms with Crippen LogP contribution in [0.5, 0.6) is 11.6 Å². The number of rotatable bonds is 6. The number of anilines is 1. The van der Waals surface area contributed by atoms with E-state index in [1.165, 1.54) is 16.8 Å². The number of hydrogen-bond acceptors (Lipinski definition) is 4. The quantitative estimate of drug-likeness (QED) is 0.666. The molecule has 0 atom stereocenters. The van der Waals surface area contributed by atoms with Gasteiger partial charge in [0, 0.05) is 35.8 Å². The molecule has 3 rings (SSSR count). The van der Waals surface area contributed by atoms with Gasteiger partial charge >= 0.3 is 0 Å². The molecule has 132 valence electrons. The molecule has 0 aliphatic heterocycles. The van der Waals surface area contributed by atoms with E-state index < -0.39 is 0 Å². The van der Waals surface area contributed by atoms with Crippen molar-refractivity contribution in [3.63, 3.8) is 0 Å². The Morgan fingerprint density at radius 3 is 2.77 bits per heavy atom. The van der Waals surface area contributed by atoms with Crippen molar-refractivity contribution in [3.8, 4) is 11.6 Å². The van der Waals surface area contributed by atoms with Gasteiger partial charge in [0.05, 0.1) is 11.9 Å². The van der Waals surface area contributed by atoms with Crippen LogP contribution in [0.25, 0.3) is 0 Å². The summed E-state index contributed by atoms with van der Waals surface area (Å²) in [6, 6.07) is 15.7. The van der Waals surface area contributed by atoms with E-state index in [4.69, 9.17) is 4.74 Å². The fourth-order valence-corrected chi connectivity index (χ4v) is 2.63. The van der Waals surface area contributed by atoms with Crippen LogP contribution in [-0.4, -0.2) is 15.5 Å². The number of pyridine rings is 2. The van der Waals surface area contributed by atoms with Crippen LogP contribution in [0, 0.1) is 0 Å². The summed E-state index contributed by atoms with van der Waals surface area (Å²) in [6.07, 6.45) is 3.38. The zero-order chi connectivity index (χ0) is 18.4. The van der Waals surface area contributed by atoms with E-state index in [1.807, 2.05) is 24.3 Å². The van der Waals surface area contributed by atoms with Crippen LogP contribution in [0.4, 0.5) is 5.69 Å². The van der Waals surface area contributed by atoms with Crippen LogP contribution < -0.4 is 15.6 Å². The summed E-state index contributed by atoms with van der Waals surface area (Å²) >= 11 is 3.38. The molecule has 1 N–H and O–H groups in total. The van der Waals surface area contributed by atoms with Crippen molar-refractivity contribution < 1.29 is 9.53 Å². The van der Waals surface area contributed by atoms with Gasteiger partial charge in [0.1, 0.15) is 5.75 Å². The van der Waals surface area contributed by atoms with Gasteiger partial charge in [-0.2, -0.15) is 0 Å². The van der Waals surface area contributed by atoms with E-state index in [-0.39, 0.29) is 17.9 Å². The maximum absolute atomic E-state index is 12.0. The first-order chi connectivity index (χ1) is 12.6. The molecule has 2 aromatic heterocycles. The largest absolute Gasteiger partial charge is 0.439 e. The first-order valence-corrected chi connectivity index (χ1v) is 8.74. The molecule has 1 amide bonds. The van der Waals surface area contributed by atoms with Gasteiger partial charge in [0.2, 0.25) is 11.8 Å². The second-order valence-corrected chi connectivity index (χ2v) is 6.39. The molecule has 0 spiro atoms. The Hall–Kier alpha value is -2.93. The number of carbonyl (C=O) groups is 1. The van der Waals surface area contributed by atoms with Gasteiger partial charge in [-0.3, -0.25) is 9.59 Å². The number of carbonyl (C=O) groups excluding carboxylic acids is 1. The molecule has 0 radical (unpaired) electrons. The van der Waals surface area contributed by atoms with Gasteiger partial charge in [0.25, 0.3) is 5.56 Å². The minimum Gasteiger partial charge on any atom is -0.439 e. The zero-order valence-corrected chi connectivity index (χ0v) is 15.3. The number of hydrogen-bond donors (Lipinski definition) is 1. The van der Waals surface area contributed by atoms with Gasteiger partial charge < -0.3 is 14.6 Å². The van der Waals surface area contributed by atoms with Gasteiger partial charge in [-0.15, -0.1) is 0 Å². The van der Waals surface area contributed by atoms with E-state index in [9.17, 15) is 9.59 Å². The number of aromatic nitrogens is 2. The minimum absolute atomic E-state index is 0.129. The third-order valence-corrected chi connectivity index (χ3v) is 4.01. The SMILES string of the molecule is O=C(CCn1ccccc1=O)Nc1ccc(Oc2cccc(Br)c2)nc1. The van der Waals surface area contributed by atoms with Crippen LogP contribution >= 0.6 is 15.9 Å². The van der Waals surface area contributed by atoms with Crippen LogP contribution in [0.15, 0.2) is 76.3 Å². The van der Waals surface area contributed by atoms with Gasteiger partial charge in [-0.1, -0.05) is 28.1 Å². The topological polar surface area (TPSA) is 73.2 Å². The summed E-state index contributed by atoms with van der Waals surface area (Å²) in [5, 5.41) is 2.75. The normalized spacial score (nSPS) is 10.3. The molecule has 6 nitrogen and oxygen atoms in total. The van der Waals surface area contributed by atoms with Crippen LogP contribution in [0.1, 0.15) is 6.42 Å². The lowest BCUT2D eigenvalue weighted by Gasteiger charge is -2.08. The van der Waals surface area contributed by atoms with Crippen molar-refractivity contribution in [1.82, 2.24) is 9.55 Å². The summed E-state index contributed by atoms with van der Waals surface area (Å²) in [5.74, 6) is 0.900. The van der Waals surface area contributed by atoms with E-state index in [2.05, 4.69) is 26.2 Å². The number of halogens is 1. The molecular formula is C19H16BrN3O3. The lowest BCUT2D eigenvalue weighted by Crippen LogP contribution is -2.21. The summed E-state index contributed by atoms with van der Waals surface area (Å²) in [4.78, 5) is 27.8. The number of amides is 1. The summed E-state index contributed by atoms with van der Waals surface area (Å²) in [5.41, 5.74) is 0.438. The molecule has 0 unspecified atom stereocenters. The molecule has 26 heavy (non-hydrogen) atoms. The first-order valence-electron chi connectivity index (χ1n) is 7.95. The van der Waals surface area contributed by atoms with Crippen LogP contribution in [0.2, 0.25) is 0 Å². The smallest absolute Gasteiger partial charge is 0.250 e. The fraction of sp³-hybridized carbons (Fsp3) is 0.105. The maximum Gasteiger partial charge on any atom is 0.250 e. The van der Waals surface area contributed by atoms with Gasteiger partial charge in [0.15, 0.2) is 0 Å². The van der Waals surface area contributed by atoms with Crippen molar-refractivity contribution in [2.24, 2.45) is 0 Å². The van der Waals surface area contributed by atoms with Gasteiger partial charge in [-0.05, 0) is 30.3 Å². The Morgan fingerprint density at radius 2 is 2.04 bits per heavy atom. The fourth-order valence-electron chi connectivity index (χ4n) is 2.26. The summed E-state index contributed by atoms with van der Waals surface area (Å²) < 4.78 is 8.05. The molecule has 2 heterocycles. The van der Waals surface area contributed by atoms with E-state index in [0.29, 0.717) is 23.9 Å². The van der Waals surface area contributed by atoms with Crippen molar-refractivity contribution in [2.75, 3.05) is 5.32 Å². The average molecular weight is 414 g/mol. The van der Waals surface area contributed by atoms with E-state index in [0.717, 1.165) is 4.47 Å². The second kappa shape index (κ2) is 8.44. The minimum atomic E-state index is -0.191. The highest BCUT2D eigenvalue weighted by molar-refractivity contribution is 9.10. The Morgan fingerprint density at radius 1 is 1.15 bits per heavy atom. The van der Waals surface area contributed by atoms with Crippen LogP contribution in [0.3, 0.4) is 0 Å². The third kappa shape index (κ3) is 5.03. The van der Waals surface area contributed by atoms with Crippen molar-refractivity contribution in [1.29, 1.82) is 0 Å². The second-order valence-electron chi connectivity index (χ2n) is 5.47. The molecule has 1 aromatic carbocycles. The van der Waals surface area contributed by atoms with Crippen molar-refractivity contribution >= 4 is 27.5 Å². The number of ether oxygens (including phenoxy) is 1. The highest BCUT2D eigenvalue weighted by Crippen LogP contribution is 2.23. The Balaban J connectivity index is 1.54. The predicted molar refractivity (Wildman–Crippen MR) is 102 cm³/mol. The Labute approximate surface area is 158 Å². The highest BCUT2D eigenvalue weighted by atomic mass is 79.9. The zero-order valence-electron chi connectivity index (χ0n) is 13.8. The van der Waals surface area contributed by atoms with Crippen LogP contribution in [-0.2, 0) is 11.3 Å². The first kappa shape index (κ1) is 17.9. The molecule has 0 saturated carbocycles. The van der Waals surface area contributed by atoms with Crippen molar-refractivity contribution in [3.05, 3.63) is 81.8 Å². The van der Waals surface area contributed by atoms with E-state index >= 15 is 0 Å². The number of nitrogens with one attached hydrogen (secondary N) is 1. The molecule has 0 aliphatic rings. The predicted octanol–water partition coefficient (Wildman–Crippen LogP) is 3.83. The van der Waals surface area contributed by atoms with Crippen molar-refractivity contribution in [2.45, 2.75) is 13.0 Å². The summed E-state index contributed by atoms with van der Waals surface area (Å²) in [6.45, 7) is 0.322. The average Bonchev–Trinajstić information content (AvgIpc) is 2.63. The van der Waals surface area contributed by atoms with Gasteiger partial charge in [-0.25, -0.2) is 4.98 Å². The van der Waals surface area contributed by atoms with E-state index in [1.54, 1.807) is 30.5 Å². The Kier molecular flexibility index (Phi) is 5.80. The molecule has 7 heteroatoms. The lowest BCUT2D eigenvalue weighted by molar-refractivity contribution is -0.116. The molecule has 0 bridgehead atoms. The monoisotopic (exact) mass is 413 g/mol. The Bertz CT molecular complexity index is 954. The standard InChI is InChI=1S/C19H16BrN3O3/c20-14-4-3-5-16(12-14)26-18-8-7-15(13-21-18)22-17(24)9-11-23-10-2-1-6-19(23)25/h1-8,10,12-13H,9,11H2,(H,22,24). The maximum atomic E-state index is 12.0. The molecule has 3 aromatic rings. The summed E-state index contributed by atoms with van der Waals surface area (Å²) in [7, 11) is 0. The molecular weight excluding hydrogens is 398 g/mol. The highest BCUT2D eigenvalue weighted by Gasteiger charge is 2.05. The number of benzene rings is 1. The number of aryl methyl sites for hydroxylation is 1. The molecule has 0 aliphatic carbocycles. The number of nitrogens with zero attached hydrogens (tertiary/aromatic N) is 2. The lowest BCUT2D eigenvalue weighted by atomic mass is 10.3. The molecule has 0 saturated heterocycles.